The fraction of sp³-hybridized carbons (Fsp3) is 0.560. The van der Waals surface area contributed by atoms with Gasteiger partial charge in [0.15, 0.2) is 17.3 Å². The van der Waals surface area contributed by atoms with Crippen LogP contribution in [-0.2, 0) is 11.3 Å². The van der Waals surface area contributed by atoms with E-state index in [1.165, 1.54) is 25.9 Å². The van der Waals surface area contributed by atoms with Gasteiger partial charge in [-0.15, -0.1) is 0 Å². The maximum atomic E-state index is 6.14. The fourth-order valence-corrected chi connectivity index (χ4v) is 4.21. The SMILES string of the molecule is CCCCNc1nc(Nc2cc(COC)[nH]n2)c2cc(OC)c(OCCCN3CCCC3)cc2n1. The molecule has 0 atom stereocenters. The van der Waals surface area contributed by atoms with Crippen molar-refractivity contribution in [3.63, 3.8) is 0 Å². The Morgan fingerprint density at radius 2 is 1.91 bits per heavy atom. The van der Waals surface area contributed by atoms with Gasteiger partial charge in [-0.1, -0.05) is 13.3 Å². The van der Waals surface area contributed by atoms with E-state index < -0.39 is 0 Å². The molecule has 0 radical (unpaired) electrons. The van der Waals surface area contributed by atoms with Gasteiger partial charge in [0.1, 0.15) is 5.82 Å². The van der Waals surface area contributed by atoms with Crippen LogP contribution in [0.1, 0.15) is 44.7 Å². The van der Waals surface area contributed by atoms with E-state index in [1.807, 2.05) is 18.2 Å². The molecule has 1 aliphatic heterocycles. The van der Waals surface area contributed by atoms with Crippen LogP contribution >= 0.6 is 0 Å². The third-order valence-corrected chi connectivity index (χ3v) is 6.05. The maximum Gasteiger partial charge on any atom is 0.225 e. The van der Waals surface area contributed by atoms with E-state index >= 15 is 0 Å². The molecule has 10 nitrogen and oxygen atoms in total. The Morgan fingerprint density at radius 3 is 2.69 bits per heavy atom. The molecule has 3 heterocycles. The quantitative estimate of drug-likeness (QED) is 0.289. The van der Waals surface area contributed by atoms with Crippen molar-refractivity contribution < 1.29 is 14.2 Å². The molecule has 0 saturated carbocycles. The first-order valence-electron chi connectivity index (χ1n) is 12.5. The highest BCUT2D eigenvalue weighted by molar-refractivity contribution is 5.94. The number of hydrogen-bond acceptors (Lipinski definition) is 9. The summed E-state index contributed by atoms with van der Waals surface area (Å²) in [5.41, 5.74) is 1.64. The van der Waals surface area contributed by atoms with Crippen molar-refractivity contribution in [2.75, 3.05) is 57.6 Å². The Balaban J connectivity index is 1.57. The molecule has 0 aliphatic carbocycles. The number of rotatable bonds is 14. The zero-order valence-corrected chi connectivity index (χ0v) is 21.0. The van der Waals surface area contributed by atoms with E-state index in [1.54, 1.807) is 14.2 Å². The van der Waals surface area contributed by atoms with E-state index in [4.69, 9.17) is 24.2 Å². The number of aromatic nitrogens is 4. The summed E-state index contributed by atoms with van der Waals surface area (Å²) < 4.78 is 17.0. The van der Waals surface area contributed by atoms with Crippen molar-refractivity contribution in [1.82, 2.24) is 25.1 Å². The minimum Gasteiger partial charge on any atom is -0.493 e. The molecule has 1 aromatic carbocycles. The van der Waals surface area contributed by atoms with Gasteiger partial charge in [0.05, 0.1) is 31.5 Å². The molecule has 1 aliphatic rings. The second kappa shape index (κ2) is 12.6. The number of nitrogens with one attached hydrogen (secondary N) is 3. The molecule has 1 saturated heterocycles. The van der Waals surface area contributed by atoms with Gasteiger partial charge in [0.25, 0.3) is 0 Å². The first-order valence-corrected chi connectivity index (χ1v) is 12.5. The molecule has 0 unspecified atom stereocenters. The van der Waals surface area contributed by atoms with Crippen molar-refractivity contribution in [3.8, 4) is 11.5 Å². The molecule has 0 amide bonds. The van der Waals surface area contributed by atoms with Crippen LogP contribution in [-0.4, -0.2) is 72.1 Å². The standard InChI is InChI=1S/C25H37N7O3/c1-4-5-9-26-25-27-20-16-22(35-13-8-12-32-10-6-7-11-32)21(34-3)15-19(20)24(29-25)28-23-14-18(17-33-2)30-31-23/h14-16H,4-13,17H2,1-3H3,(H3,26,27,28,29,30,31). The van der Waals surface area contributed by atoms with E-state index in [0.717, 1.165) is 48.9 Å². The van der Waals surface area contributed by atoms with Crippen molar-refractivity contribution in [2.45, 2.75) is 45.6 Å². The number of fused-ring (bicyclic) bond motifs is 1. The highest BCUT2D eigenvalue weighted by atomic mass is 16.5. The predicted molar refractivity (Wildman–Crippen MR) is 138 cm³/mol. The van der Waals surface area contributed by atoms with Crippen LogP contribution in [0.25, 0.3) is 10.9 Å². The van der Waals surface area contributed by atoms with E-state index in [9.17, 15) is 0 Å². The van der Waals surface area contributed by atoms with Gasteiger partial charge in [-0.3, -0.25) is 5.10 Å². The number of H-pyrrole nitrogens is 1. The number of methoxy groups -OCH3 is 2. The van der Waals surface area contributed by atoms with Gasteiger partial charge in [0, 0.05) is 37.7 Å². The molecule has 190 valence electrons. The zero-order valence-electron chi connectivity index (χ0n) is 21.0. The molecule has 35 heavy (non-hydrogen) atoms. The molecule has 3 N–H and O–H groups in total. The average Bonchev–Trinajstić information content (AvgIpc) is 3.54. The number of benzene rings is 1. The topological polar surface area (TPSA) is 109 Å². The van der Waals surface area contributed by atoms with Crippen molar-refractivity contribution >= 4 is 28.5 Å². The lowest BCUT2D eigenvalue weighted by atomic mass is 10.2. The number of likely N-dealkylation sites (tertiary alicyclic amines) is 1. The number of anilines is 3. The van der Waals surface area contributed by atoms with Crippen molar-refractivity contribution in [2.24, 2.45) is 0 Å². The second-order valence-corrected chi connectivity index (χ2v) is 8.78. The Labute approximate surface area is 206 Å². The third kappa shape index (κ3) is 6.73. The van der Waals surface area contributed by atoms with E-state index in [-0.39, 0.29) is 0 Å². The third-order valence-electron chi connectivity index (χ3n) is 6.05. The Bertz CT molecular complexity index is 1080. The molecule has 0 bridgehead atoms. The van der Waals surface area contributed by atoms with E-state index in [2.05, 4.69) is 32.7 Å². The zero-order chi connectivity index (χ0) is 24.5. The van der Waals surface area contributed by atoms with Gasteiger partial charge in [-0.2, -0.15) is 10.1 Å². The summed E-state index contributed by atoms with van der Waals surface area (Å²) in [5.74, 6) is 3.19. The monoisotopic (exact) mass is 483 g/mol. The molecular formula is C25H37N7O3. The van der Waals surface area contributed by atoms with Gasteiger partial charge in [0.2, 0.25) is 5.95 Å². The smallest absolute Gasteiger partial charge is 0.225 e. The summed E-state index contributed by atoms with van der Waals surface area (Å²) in [5, 5.41) is 14.8. The minimum atomic E-state index is 0.454. The van der Waals surface area contributed by atoms with Gasteiger partial charge < -0.3 is 29.7 Å². The summed E-state index contributed by atoms with van der Waals surface area (Å²) in [4.78, 5) is 12.0. The van der Waals surface area contributed by atoms with Crippen LogP contribution in [0.5, 0.6) is 11.5 Å². The Kier molecular flexibility index (Phi) is 8.96. The highest BCUT2D eigenvalue weighted by Gasteiger charge is 2.16. The van der Waals surface area contributed by atoms with Gasteiger partial charge >= 0.3 is 0 Å². The second-order valence-electron chi connectivity index (χ2n) is 8.78. The normalized spacial score (nSPS) is 13.9. The van der Waals surface area contributed by atoms with Crippen molar-refractivity contribution in [1.29, 1.82) is 0 Å². The molecule has 4 rings (SSSR count). The average molecular weight is 484 g/mol. The van der Waals surface area contributed by atoms with Crippen LogP contribution in [0.4, 0.5) is 17.6 Å². The van der Waals surface area contributed by atoms with E-state index in [0.29, 0.717) is 42.3 Å². The fourth-order valence-electron chi connectivity index (χ4n) is 4.21. The number of unbranched alkanes of at least 4 members (excludes halogenated alkanes) is 1. The van der Waals surface area contributed by atoms with Crippen LogP contribution < -0.4 is 20.1 Å². The summed E-state index contributed by atoms with van der Waals surface area (Å²) in [6, 6.07) is 5.76. The molecule has 1 fully saturated rings. The number of ether oxygens (including phenoxy) is 3. The van der Waals surface area contributed by atoms with Gasteiger partial charge in [-0.05, 0) is 44.8 Å². The summed E-state index contributed by atoms with van der Waals surface area (Å²) >= 11 is 0. The van der Waals surface area contributed by atoms with Crippen LogP contribution in [0.15, 0.2) is 18.2 Å². The maximum absolute atomic E-state index is 6.14. The molecule has 10 heteroatoms. The number of aromatic amines is 1. The first kappa shape index (κ1) is 25.0. The summed E-state index contributed by atoms with van der Waals surface area (Å²) in [7, 11) is 3.30. The Morgan fingerprint density at radius 1 is 1.06 bits per heavy atom. The lowest BCUT2D eigenvalue weighted by Gasteiger charge is -2.16. The lowest BCUT2D eigenvalue weighted by Crippen LogP contribution is -2.21. The highest BCUT2D eigenvalue weighted by Crippen LogP contribution is 2.35. The largest absolute Gasteiger partial charge is 0.493 e. The van der Waals surface area contributed by atoms with Crippen LogP contribution in [0.2, 0.25) is 0 Å². The summed E-state index contributed by atoms with van der Waals surface area (Å²) in [6.45, 7) is 7.50. The molecule has 0 spiro atoms. The van der Waals surface area contributed by atoms with Crippen molar-refractivity contribution in [3.05, 3.63) is 23.9 Å². The lowest BCUT2D eigenvalue weighted by molar-refractivity contribution is 0.181. The first-order chi connectivity index (χ1) is 17.2. The Hall–Kier alpha value is -3.11. The van der Waals surface area contributed by atoms with Crippen LogP contribution in [0.3, 0.4) is 0 Å². The molecular weight excluding hydrogens is 446 g/mol. The summed E-state index contributed by atoms with van der Waals surface area (Å²) in [6.07, 6.45) is 5.71. The van der Waals surface area contributed by atoms with Crippen LogP contribution in [0, 0.1) is 0 Å². The minimum absolute atomic E-state index is 0.454. The number of nitrogens with zero attached hydrogens (tertiary/aromatic N) is 4. The molecule has 3 aromatic rings. The molecule has 2 aromatic heterocycles. The predicted octanol–water partition coefficient (Wildman–Crippen LogP) is 4.33. The van der Waals surface area contributed by atoms with Gasteiger partial charge in [-0.25, -0.2) is 4.98 Å². The number of hydrogen-bond donors (Lipinski definition) is 3.